The molecule has 1 aliphatic carbocycles. The highest BCUT2D eigenvalue weighted by molar-refractivity contribution is 4.82. The van der Waals surface area contributed by atoms with Crippen molar-refractivity contribution in [3.05, 3.63) is 0 Å². The van der Waals surface area contributed by atoms with Crippen molar-refractivity contribution < 1.29 is 0 Å². The van der Waals surface area contributed by atoms with Crippen molar-refractivity contribution in [2.45, 2.75) is 77.7 Å². The topological polar surface area (TPSA) is 29.3 Å². The molecular formula is C16H34N2. The maximum Gasteiger partial charge on any atom is 0.0135 e. The molecule has 0 aromatic rings. The molecule has 0 heterocycles. The van der Waals surface area contributed by atoms with Crippen LogP contribution in [-0.2, 0) is 0 Å². The van der Waals surface area contributed by atoms with Crippen molar-refractivity contribution in [2.24, 2.45) is 11.7 Å². The first-order chi connectivity index (χ1) is 8.83. The summed E-state index contributed by atoms with van der Waals surface area (Å²) in [6.45, 7) is 8.06. The Morgan fingerprint density at radius 1 is 0.944 bits per heavy atom. The van der Waals surface area contributed by atoms with Gasteiger partial charge in [-0.15, -0.1) is 0 Å². The van der Waals surface area contributed by atoms with Gasteiger partial charge in [0.15, 0.2) is 0 Å². The maximum atomic E-state index is 6.03. The third-order valence-corrected chi connectivity index (χ3v) is 4.49. The fourth-order valence-electron chi connectivity index (χ4n) is 3.29. The average molecular weight is 254 g/mol. The molecule has 0 aromatic heterocycles. The third-order valence-electron chi connectivity index (χ3n) is 4.49. The first-order valence-electron chi connectivity index (χ1n) is 8.27. The van der Waals surface area contributed by atoms with E-state index in [0.717, 1.165) is 18.5 Å². The Bertz CT molecular complexity index is 186. The van der Waals surface area contributed by atoms with E-state index >= 15 is 0 Å². The number of nitrogens with zero attached hydrogens (tertiary/aromatic N) is 1. The lowest BCUT2D eigenvalue weighted by Crippen LogP contribution is -2.43. The van der Waals surface area contributed by atoms with Gasteiger partial charge in [-0.1, -0.05) is 46.0 Å². The second-order valence-corrected chi connectivity index (χ2v) is 5.94. The lowest BCUT2D eigenvalue weighted by atomic mass is 9.93. The predicted octanol–water partition coefficient (Wildman–Crippen LogP) is 3.80. The number of nitrogens with two attached hydrogens (primary N) is 1. The van der Waals surface area contributed by atoms with Gasteiger partial charge < -0.3 is 10.6 Å². The van der Waals surface area contributed by atoms with E-state index in [1.165, 1.54) is 70.9 Å². The van der Waals surface area contributed by atoms with Gasteiger partial charge in [-0.2, -0.15) is 0 Å². The van der Waals surface area contributed by atoms with E-state index in [1.807, 2.05) is 0 Å². The average Bonchev–Trinajstić information content (AvgIpc) is 2.64. The lowest BCUT2D eigenvalue weighted by molar-refractivity contribution is 0.131. The van der Waals surface area contributed by atoms with Gasteiger partial charge in [-0.3, -0.25) is 0 Å². The fraction of sp³-hybridized carbons (Fsp3) is 1.00. The first kappa shape index (κ1) is 16.0. The summed E-state index contributed by atoms with van der Waals surface area (Å²) in [6, 6.07) is 0.774. The number of rotatable bonds is 8. The summed E-state index contributed by atoms with van der Waals surface area (Å²) in [4.78, 5) is 2.77. The van der Waals surface area contributed by atoms with Gasteiger partial charge in [-0.25, -0.2) is 0 Å². The standard InChI is InChI=1S/C16H34N2/c1-3-5-12-18(13-6-4-2)16-11-9-7-8-10-15(16)14-17/h15-16H,3-14,17H2,1-2H3. The molecular weight excluding hydrogens is 220 g/mol. The second-order valence-electron chi connectivity index (χ2n) is 5.94. The zero-order valence-corrected chi connectivity index (χ0v) is 12.7. The number of hydrogen-bond acceptors (Lipinski definition) is 2. The maximum absolute atomic E-state index is 6.03. The normalized spacial score (nSPS) is 25.3. The lowest BCUT2D eigenvalue weighted by Gasteiger charge is -2.36. The smallest absolute Gasteiger partial charge is 0.0135 e. The minimum Gasteiger partial charge on any atom is -0.330 e. The summed E-state index contributed by atoms with van der Waals surface area (Å²) in [7, 11) is 0. The Labute approximate surface area is 114 Å². The van der Waals surface area contributed by atoms with E-state index in [0.29, 0.717) is 0 Å². The Morgan fingerprint density at radius 3 is 2.11 bits per heavy atom. The summed E-state index contributed by atoms with van der Waals surface area (Å²) in [5.41, 5.74) is 6.03. The molecule has 0 aliphatic heterocycles. The van der Waals surface area contributed by atoms with Gasteiger partial charge in [0.1, 0.15) is 0 Å². The summed E-state index contributed by atoms with van der Waals surface area (Å²) < 4.78 is 0. The van der Waals surface area contributed by atoms with Crippen LogP contribution in [0.25, 0.3) is 0 Å². The number of unbranched alkanes of at least 4 members (excludes halogenated alkanes) is 2. The minimum absolute atomic E-state index is 0.751. The third kappa shape index (κ3) is 5.27. The monoisotopic (exact) mass is 254 g/mol. The molecule has 0 aromatic carbocycles. The van der Waals surface area contributed by atoms with Crippen LogP contribution < -0.4 is 5.73 Å². The molecule has 1 saturated carbocycles. The molecule has 2 unspecified atom stereocenters. The molecule has 0 saturated heterocycles. The summed E-state index contributed by atoms with van der Waals surface area (Å²) >= 11 is 0. The van der Waals surface area contributed by atoms with E-state index in [2.05, 4.69) is 18.7 Å². The molecule has 0 bridgehead atoms. The zero-order valence-electron chi connectivity index (χ0n) is 12.7. The van der Waals surface area contributed by atoms with Crippen LogP contribution in [0.15, 0.2) is 0 Å². The number of hydrogen-bond donors (Lipinski definition) is 1. The van der Waals surface area contributed by atoms with Crippen LogP contribution in [0.4, 0.5) is 0 Å². The highest BCUT2D eigenvalue weighted by atomic mass is 15.2. The van der Waals surface area contributed by atoms with Gasteiger partial charge in [0.25, 0.3) is 0 Å². The Balaban J connectivity index is 2.59. The largest absolute Gasteiger partial charge is 0.330 e. The van der Waals surface area contributed by atoms with Crippen LogP contribution in [0.1, 0.15) is 71.6 Å². The zero-order chi connectivity index (χ0) is 13.2. The molecule has 0 radical (unpaired) electrons. The molecule has 1 rings (SSSR count). The highest BCUT2D eigenvalue weighted by Gasteiger charge is 2.27. The van der Waals surface area contributed by atoms with Crippen LogP contribution in [0.2, 0.25) is 0 Å². The van der Waals surface area contributed by atoms with Crippen LogP contribution in [0.3, 0.4) is 0 Å². The van der Waals surface area contributed by atoms with E-state index < -0.39 is 0 Å². The first-order valence-corrected chi connectivity index (χ1v) is 8.27. The van der Waals surface area contributed by atoms with Crippen molar-refractivity contribution in [3.8, 4) is 0 Å². The van der Waals surface area contributed by atoms with Crippen molar-refractivity contribution in [3.63, 3.8) is 0 Å². The summed E-state index contributed by atoms with van der Waals surface area (Å²) in [6.07, 6.45) is 12.3. The van der Waals surface area contributed by atoms with E-state index in [9.17, 15) is 0 Å². The van der Waals surface area contributed by atoms with E-state index in [-0.39, 0.29) is 0 Å². The molecule has 1 fully saturated rings. The molecule has 2 atom stereocenters. The molecule has 108 valence electrons. The van der Waals surface area contributed by atoms with Crippen LogP contribution in [0.5, 0.6) is 0 Å². The van der Waals surface area contributed by atoms with Crippen LogP contribution >= 0.6 is 0 Å². The Morgan fingerprint density at radius 2 is 1.56 bits per heavy atom. The Kier molecular flexibility index (Phi) is 8.70. The van der Waals surface area contributed by atoms with E-state index in [4.69, 9.17) is 5.73 Å². The van der Waals surface area contributed by atoms with Gasteiger partial charge in [0.05, 0.1) is 0 Å². The highest BCUT2D eigenvalue weighted by Crippen LogP contribution is 2.27. The predicted molar refractivity (Wildman–Crippen MR) is 80.8 cm³/mol. The van der Waals surface area contributed by atoms with Crippen LogP contribution in [-0.4, -0.2) is 30.6 Å². The van der Waals surface area contributed by atoms with Gasteiger partial charge in [-0.05, 0) is 51.2 Å². The summed E-state index contributed by atoms with van der Waals surface area (Å²) in [5.74, 6) is 0.751. The molecule has 18 heavy (non-hydrogen) atoms. The molecule has 1 aliphatic rings. The molecule has 2 nitrogen and oxygen atoms in total. The van der Waals surface area contributed by atoms with Gasteiger partial charge in [0.2, 0.25) is 0 Å². The summed E-state index contributed by atoms with van der Waals surface area (Å²) in [5, 5.41) is 0. The van der Waals surface area contributed by atoms with E-state index in [1.54, 1.807) is 0 Å². The van der Waals surface area contributed by atoms with Crippen molar-refractivity contribution in [2.75, 3.05) is 19.6 Å². The van der Waals surface area contributed by atoms with Crippen LogP contribution in [0, 0.1) is 5.92 Å². The van der Waals surface area contributed by atoms with Gasteiger partial charge >= 0.3 is 0 Å². The van der Waals surface area contributed by atoms with Crippen molar-refractivity contribution in [1.82, 2.24) is 4.90 Å². The van der Waals surface area contributed by atoms with Gasteiger partial charge in [0, 0.05) is 6.04 Å². The SMILES string of the molecule is CCCCN(CCCC)C1CCCCCC1CN. The Hall–Kier alpha value is -0.0800. The molecule has 0 amide bonds. The minimum atomic E-state index is 0.751. The fourth-order valence-corrected chi connectivity index (χ4v) is 3.29. The quantitative estimate of drug-likeness (QED) is 0.668. The van der Waals surface area contributed by atoms with Crippen molar-refractivity contribution >= 4 is 0 Å². The molecule has 2 N–H and O–H groups in total. The second kappa shape index (κ2) is 9.80. The molecule has 0 spiro atoms. The van der Waals surface area contributed by atoms with Crippen molar-refractivity contribution in [1.29, 1.82) is 0 Å². The molecule has 2 heteroatoms.